The lowest BCUT2D eigenvalue weighted by Gasteiger charge is -2.15. The van der Waals surface area contributed by atoms with Crippen LogP contribution in [0.1, 0.15) is 12.1 Å². The summed E-state index contributed by atoms with van der Waals surface area (Å²) in [5, 5.41) is 21.8. The molecule has 2 aromatic carbocycles. The van der Waals surface area contributed by atoms with Gasteiger partial charge in [0.25, 0.3) is 0 Å². The highest BCUT2D eigenvalue weighted by Gasteiger charge is 2.19. The standard InChI is InChI=1S/C20H18N4O3S/c1-28(25,26)16-5-2-13(3-6-16)14-4-7-17-18(10-14)23-24-19(11-21)20(17)22-15-8-9-27-12-15/h2-7,10,15H,8-9,12H2,1H3,(H,22,23). The van der Waals surface area contributed by atoms with Gasteiger partial charge in [0.1, 0.15) is 6.07 Å². The summed E-state index contributed by atoms with van der Waals surface area (Å²) in [4.78, 5) is 0.278. The first kappa shape index (κ1) is 18.3. The molecule has 1 atom stereocenters. The van der Waals surface area contributed by atoms with E-state index in [1.807, 2.05) is 18.2 Å². The molecule has 0 aliphatic carbocycles. The predicted molar refractivity (Wildman–Crippen MR) is 106 cm³/mol. The SMILES string of the molecule is CS(=O)(=O)c1ccc(-c2ccc3c(NC4CCOC4)c(C#N)nnc3c2)cc1. The molecule has 1 unspecified atom stereocenters. The van der Waals surface area contributed by atoms with Gasteiger partial charge in [-0.2, -0.15) is 5.26 Å². The average Bonchev–Trinajstić information content (AvgIpc) is 3.20. The Morgan fingerprint density at radius 2 is 1.89 bits per heavy atom. The molecule has 0 bridgehead atoms. The van der Waals surface area contributed by atoms with Crippen LogP contribution in [-0.2, 0) is 14.6 Å². The summed E-state index contributed by atoms with van der Waals surface area (Å²) in [7, 11) is -3.23. The molecule has 0 saturated carbocycles. The van der Waals surface area contributed by atoms with Crippen molar-refractivity contribution in [1.82, 2.24) is 10.2 Å². The number of nitrogens with zero attached hydrogens (tertiary/aromatic N) is 3. The topological polar surface area (TPSA) is 105 Å². The summed E-state index contributed by atoms with van der Waals surface area (Å²) < 4.78 is 28.7. The van der Waals surface area contributed by atoms with Crippen LogP contribution in [0, 0.1) is 11.3 Å². The van der Waals surface area contributed by atoms with Gasteiger partial charge >= 0.3 is 0 Å². The van der Waals surface area contributed by atoms with Gasteiger partial charge < -0.3 is 10.1 Å². The van der Waals surface area contributed by atoms with E-state index in [1.165, 1.54) is 6.26 Å². The highest BCUT2D eigenvalue weighted by atomic mass is 32.2. The highest BCUT2D eigenvalue weighted by Crippen LogP contribution is 2.30. The number of hydrogen-bond acceptors (Lipinski definition) is 7. The van der Waals surface area contributed by atoms with Crippen molar-refractivity contribution >= 4 is 26.4 Å². The number of nitriles is 1. The molecule has 3 aromatic rings. The van der Waals surface area contributed by atoms with Gasteiger partial charge in [0, 0.05) is 18.2 Å². The molecular weight excluding hydrogens is 376 g/mol. The van der Waals surface area contributed by atoms with Crippen LogP contribution in [0.2, 0.25) is 0 Å². The molecule has 1 saturated heterocycles. The Labute approximate surface area is 162 Å². The summed E-state index contributed by atoms with van der Waals surface area (Å²) in [6.07, 6.45) is 2.06. The van der Waals surface area contributed by atoms with Crippen molar-refractivity contribution in [2.24, 2.45) is 0 Å². The number of benzene rings is 2. The molecule has 1 N–H and O–H groups in total. The predicted octanol–water partition coefficient (Wildman–Crippen LogP) is 2.77. The zero-order valence-electron chi connectivity index (χ0n) is 15.2. The first-order chi connectivity index (χ1) is 13.5. The molecule has 1 fully saturated rings. The van der Waals surface area contributed by atoms with Crippen LogP contribution in [0.4, 0.5) is 5.69 Å². The number of hydrogen-bond donors (Lipinski definition) is 1. The smallest absolute Gasteiger partial charge is 0.186 e. The van der Waals surface area contributed by atoms with E-state index in [9.17, 15) is 13.7 Å². The zero-order valence-corrected chi connectivity index (χ0v) is 16.0. The van der Waals surface area contributed by atoms with Crippen molar-refractivity contribution in [3.8, 4) is 17.2 Å². The summed E-state index contributed by atoms with van der Waals surface area (Å²) in [6.45, 7) is 1.29. The number of aromatic nitrogens is 2. The Kier molecular flexibility index (Phi) is 4.71. The van der Waals surface area contributed by atoms with Crippen molar-refractivity contribution in [2.75, 3.05) is 24.8 Å². The molecular formula is C20H18N4O3S. The zero-order chi connectivity index (χ0) is 19.7. The second-order valence-corrected chi connectivity index (χ2v) is 8.78. The summed E-state index contributed by atoms with van der Waals surface area (Å²) >= 11 is 0. The number of ether oxygens (including phenoxy) is 1. The molecule has 0 amide bonds. The number of sulfone groups is 1. The number of fused-ring (bicyclic) bond motifs is 1. The van der Waals surface area contributed by atoms with Crippen molar-refractivity contribution in [1.29, 1.82) is 5.26 Å². The van der Waals surface area contributed by atoms with E-state index in [1.54, 1.807) is 24.3 Å². The maximum absolute atomic E-state index is 11.6. The van der Waals surface area contributed by atoms with Crippen LogP contribution >= 0.6 is 0 Å². The van der Waals surface area contributed by atoms with Crippen LogP contribution < -0.4 is 5.32 Å². The van der Waals surface area contributed by atoms with E-state index in [0.29, 0.717) is 24.4 Å². The molecule has 28 heavy (non-hydrogen) atoms. The van der Waals surface area contributed by atoms with Gasteiger partial charge in [-0.1, -0.05) is 18.2 Å². The van der Waals surface area contributed by atoms with E-state index < -0.39 is 9.84 Å². The molecule has 1 aliphatic rings. The third-order valence-electron chi connectivity index (χ3n) is 4.76. The maximum atomic E-state index is 11.6. The normalized spacial score (nSPS) is 16.8. The minimum Gasteiger partial charge on any atom is -0.379 e. The van der Waals surface area contributed by atoms with Crippen LogP contribution in [0.3, 0.4) is 0 Å². The molecule has 7 nitrogen and oxygen atoms in total. The van der Waals surface area contributed by atoms with Gasteiger partial charge in [-0.3, -0.25) is 0 Å². The first-order valence-corrected chi connectivity index (χ1v) is 10.7. The van der Waals surface area contributed by atoms with Gasteiger partial charge in [0.05, 0.1) is 28.7 Å². The van der Waals surface area contributed by atoms with Crippen molar-refractivity contribution in [3.63, 3.8) is 0 Å². The van der Waals surface area contributed by atoms with E-state index in [-0.39, 0.29) is 16.6 Å². The molecule has 142 valence electrons. The second-order valence-electron chi connectivity index (χ2n) is 6.77. The summed E-state index contributed by atoms with van der Waals surface area (Å²) in [6, 6.07) is 14.7. The van der Waals surface area contributed by atoms with Crippen LogP contribution in [0.15, 0.2) is 47.4 Å². The third kappa shape index (κ3) is 3.54. The van der Waals surface area contributed by atoms with Gasteiger partial charge in [0.2, 0.25) is 0 Å². The molecule has 4 rings (SSSR count). The Hall–Kier alpha value is -3.02. The fourth-order valence-electron chi connectivity index (χ4n) is 3.26. The number of rotatable bonds is 4. The third-order valence-corrected chi connectivity index (χ3v) is 5.89. The van der Waals surface area contributed by atoms with Gasteiger partial charge in [0.15, 0.2) is 15.5 Å². The molecule has 8 heteroatoms. The number of nitrogens with one attached hydrogen (secondary N) is 1. The maximum Gasteiger partial charge on any atom is 0.186 e. The lowest BCUT2D eigenvalue weighted by molar-refractivity contribution is 0.195. The van der Waals surface area contributed by atoms with Gasteiger partial charge in [-0.05, 0) is 41.8 Å². The van der Waals surface area contributed by atoms with E-state index in [0.717, 1.165) is 22.9 Å². The summed E-state index contributed by atoms with van der Waals surface area (Å²) in [5.74, 6) is 0. The fraction of sp³-hybridized carbons (Fsp3) is 0.250. The Morgan fingerprint density at radius 3 is 2.54 bits per heavy atom. The lowest BCUT2D eigenvalue weighted by atomic mass is 10.0. The minimum absolute atomic E-state index is 0.141. The Morgan fingerprint density at radius 1 is 1.14 bits per heavy atom. The van der Waals surface area contributed by atoms with Gasteiger partial charge in [-0.25, -0.2) is 8.42 Å². The van der Waals surface area contributed by atoms with Crippen molar-refractivity contribution in [3.05, 3.63) is 48.2 Å². The quantitative estimate of drug-likeness (QED) is 0.725. The molecule has 0 radical (unpaired) electrons. The average molecular weight is 394 g/mol. The second kappa shape index (κ2) is 7.19. The summed E-state index contributed by atoms with van der Waals surface area (Å²) in [5.41, 5.74) is 3.35. The monoisotopic (exact) mass is 394 g/mol. The van der Waals surface area contributed by atoms with Crippen LogP contribution in [0.5, 0.6) is 0 Å². The van der Waals surface area contributed by atoms with Crippen molar-refractivity contribution in [2.45, 2.75) is 17.4 Å². The largest absolute Gasteiger partial charge is 0.379 e. The lowest BCUT2D eigenvalue weighted by Crippen LogP contribution is -2.20. The molecule has 1 aromatic heterocycles. The van der Waals surface area contributed by atoms with E-state index in [2.05, 4.69) is 21.6 Å². The van der Waals surface area contributed by atoms with E-state index >= 15 is 0 Å². The minimum atomic E-state index is -3.23. The molecule has 0 spiro atoms. The fourth-order valence-corrected chi connectivity index (χ4v) is 3.89. The Balaban J connectivity index is 1.74. The first-order valence-electron chi connectivity index (χ1n) is 8.81. The Bertz CT molecular complexity index is 1180. The van der Waals surface area contributed by atoms with Crippen LogP contribution in [0.25, 0.3) is 22.0 Å². The number of anilines is 1. The van der Waals surface area contributed by atoms with Crippen molar-refractivity contribution < 1.29 is 13.2 Å². The van der Waals surface area contributed by atoms with Gasteiger partial charge in [-0.15, -0.1) is 10.2 Å². The highest BCUT2D eigenvalue weighted by molar-refractivity contribution is 7.90. The molecule has 1 aliphatic heterocycles. The van der Waals surface area contributed by atoms with E-state index in [4.69, 9.17) is 4.74 Å². The van der Waals surface area contributed by atoms with Crippen LogP contribution in [-0.4, -0.2) is 44.1 Å². The molecule has 2 heterocycles.